The van der Waals surface area contributed by atoms with Crippen molar-refractivity contribution in [2.75, 3.05) is 5.43 Å². The summed E-state index contributed by atoms with van der Waals surface area (Å²) in [5.74, 6) is 1.89. The van der Waals surface area contributed by atoms with Crippen LogP contribution in [0, 0.1) is 18.2 Å². The number of hydrazone groups is 1. The van der Waals surface area contributed by atoms with Crippen LogP contribution in [0.15, 0.2) is 59.0 Å². The van der Waals surface area contributed by atoms with Gasteiger partial charge in [-0.2, -0.15) is 5.10 Å². The first-order chi connectivity index (χ1) is 11.3. The average molecular weight is 321 g/mol. The van der Waals surface area contributed by atoms with Crippen LogP contribution in [0.4, 0.5) is 9.52 Å². The molecule has 0 saturated carbocycles. The average Bonchev–Trinajstić information content (AvgIpc) is 3.06. The quantitative estimate of drug-likeness (QED) is 0.440. The number of halogens is 1. The topological polar surface area (TPSA) is 37.3 Å². The van der Waals surface area contributed by atoms with E-state index in [4.69, 9.17) is 6.42 Å². The zero-order chi connectivity index (χ0) is 16.1. The summed E-state index contributed by atoms with van der Waals surface area (Å²) in [7, 11) is 0. The van der Waals surface area contributed by atoms with Crippen molar-refractivity contribution in [1.82, 2.24) is 4.98 Å². The maximum atomic E-state index is 13.3. The molecule has 0 fully saturated rings. The van der Waals surface area contributed by atoms with Gasteiger partial charge in [0.2, 0.25) is 5.13 Å². The lowest BCUT2D eigenvalue weighted by atomic mass is 10.1. The van der Waals surface area contributed by atoms with Crippen LogP contribution in [0.2, 0.25) is 0 Å². The van der Waals surface area contributed by atoms with Gasteiger partial charge in [-0.25, -0.2) is 9.37 Å². The zero-order valence-corrected chi connectivity index (χ0v) is 12.8. The SMILES string of the molecule is C#Cc1cc(C=NNc2nc(-c3ccccc3)cs2)ccc1F. The van der Waals surface area contributed by atoms with Crippen LogP contribution in [0.5, 0.6) is 0 Å². The maximum Gasteiger partial charge on any atom is 0.203 e. The lowest BCUT2D eigenvalue weighted by molar-refractivity contribution is 0.624. The molecule has 0 aliphatic rings. The molecule has 0 atom stereocenters. The molecular formula is C18H12FN3S. The van der Waals surface area contributed by atoms with E-state index in [0.717, 1.165) is 11.3 Å². The Labute approximate surface area is 137 Å². The van der Waals surface area contributed by atoms with Gasteiger partial charge in [-0.3, -0.25) is 5.43 Å². The second-order valence-electron chi connectivity index (χ2n) is 4.66. The summed E-state index contributed by atoms with van der Waals surface area (Å²) in [6.07, 6.45) is 6.81. The number of thiazole rings is 1. The van der Waals surface area contributed by atoms with Gasteiger partial charge in [0.25, 0.3) is 0 Å². The standard InChI is InChI=1S/C18H12FN3S/c1-2-14-10-13(8-9-16(14)19)11-20-22-18-21-17(12-23-18)15-6-4-3-5-7-15/h1,3-12H,(H,21,22). The molecule has 0 unspecified atom stereocenters. The van der Waals surface area contributed by atoms with E-state index in [1.165, 1.54) is 17.4 Å². The van der Waals surface area contributed by atoms with Gasteiger partial charge < -0.3 is 0 Å². The number of anilines is 1. The Hall–Kier alpha value is -2.97. The number of rotatable bonds is 4. The molecule has 1 aromatic heterocycles. The summed E-state index contributed by atoms with van der Waals surface area (Å²) in [6.45, 7) is 0. The molecule has 112 valence electrons. The van der Waals surface area contributed by atoms with Crippen molar-refractivity contribution in [3.05, 3.63) is 70.9 Å². The molecule has 1 heterocycles. The van der Waals surface area contributed by atoms with Crippen LogP contribution in [0.3, 0.4) is 0 Å². The number of nitrogens with one attached hydrogen (secondary N) is 1. The number of aromatic nitrogens is 1. The van der Waals surface area contributed by atoms with Crippen molar-refractivity contribution in [1.29, 1.82) is 0 Å². The fraction of sp³-hybridized carbons (Fsp3) is 0. The predicted molar refractivity (Wildman–Crippen MR) is 93.1 cm³/mol. The summed E-state index contributed by atoms with van der Waals surface area (Å²) in [5.41, 5.74) is 5.75. The summed E-state index contributed by atoms with van der Waals surface area (Å²) in [4.78, 5) is 4.46. The van der Waals surface area contributed by atoms with Gasteiger partial charge in [-0.1, -0.05) is 42.3 Å². The Bertz CT molecular complexity index is 879. The Balaban J connectivity index is 1.69. The molecule has 23 heavy (non-hydrogen) atoms. The third-order valence-corrected chi connectivity index (χ3v) is 3.84. The molecule has 3 aromatic rings. The van der Waals surface area contributed by atoms with E-state index in [9.17, 15) is 4.39 Å². The third-order valence-electron chi connectivity index (χ3n) is 3.09. The highest BCUT2D eigenvalue weighted by Gasteiger charge is 2.03. The molecule has 2 aromatic carbocycles. The first kappa shape index (κ1) is 14.9. The van der Waals surface area contributed by atoms with Crippen LogP contribution < -0.4 is 5.43 Å². The van der Waals surface area contributed by atoms with E-state index in [-0.39, 0.29) is 5.56 Å². The van der Waals surface area contributed by atoms with Crippen molar-refractivity contribution >= 4 is 22.7 Å². The Morgan fingerprint density at radius 2 is 2.04 bits per heavy atom. The maximum absolute atomic E-state index is 13.3. The van der Waals surface area contributed by atoms with Crippen LogP contribution in [-0.2, 0) is 0 Å². The monoisotopic (exact) mass is 321 g/mol. The molecule has 3 rings (SSSR count). The Kier molecular flexibility index (Phi) is 4.46. The molecule has 0 spiro atoms. The van der Waals surface area contributed by atoms with Gasteiger partial charge in [0, 0.05) is 10.9 Å². The van der Waals surface area contributed by atoms with Gasteiger partial charge in [-0.05, 0) is 17.7 Å². The minimum absolute atomic E-state index is 0.217. The Morgan fingerprint density at radius 3 is 2.83 bits per heavy atom. The van der Waals surface area contributed by atoms with E-state index in [1.807, 2.05) is 35.7 Å². The molecule has 0 aliphatic heterocycles. The lowest BCUT2D eigenvalue weighted by Gasteiger charge is -1.98. The van der Waals surface area contributed by atoms with Crippen LogP contribution >= 0.6 is 11.3 Å². The van der Waals surface area contributed by atoms with Crippen molar-refractivity contribution in [3.63, 3.8) is 0 Å². The van der Waals surface area contributed by atoms with Crippen LogP contribution in [0.25, 0.3) is 11.3 Å². The zero-order valence-electron chi connectivity index (χ0n) is 12.0. The number of benzene rings is 2. The highest BCUT2D eigenvalue weighted by Crippen LogP contribution is 2.24. The molecule has 0 bridgehead atoms. The summed E-state index contributed by atoms with van der Waals surface area (Å²) >= 11 is 1.46. The summed E-state index contributed by atoms with van der Waals surface area (Å²) in [5, 5.41) is 6.75. The Morgan fingerprint density at radius 1 is 1.22 bits per heavy atom. The lowest BCUT2D eigenvalue weighted by Crippen LogP contribution is -1.92. The molecule has 5 heteroatoms. The molecule has 0 saturated heterocycles. The van der Waals surface area contributed by atoms with Crippen molar-refractivity contribution < 1.29 is 4.39 Å². The smallest absolute Gasteiger partial charge is 0.203 e. The first-order valence-electron chi connectivity index (χ1n) is 6.82. The van der Waals surface area contributed by atoms with Crippen LogP contribution in [0.1, 0.15) is 11.1 Å². The highest BCUT2D eigenvalue weighted by atomic mass is 32.1. The molecule has 0 radical (unpaired) electrons. The van der Waals surface area contributed by atoms with Gasteiger partial charge in [0.05, 0.1) is 17.5 Å². The molecule has 0 amide bonds. The van der Waals surface area contributed by atoms with Gasteiger partial charge in [0.1, 0.15) is 5.82 Å². The van der Waals surface area contributed by atoms with E-state index >= 15 is 0 Å². The number of terminal acetylenes is 1. The number of nitrogens with zero attached hydrogens (tertiary/aromatic N) is 2. The number of hydrogen-bond donors (Lipinski definition) is 1. The van der Waals surface area contributed by atoms with Gasteiger partial charge in [-0.15, -0.1) is 17.8 Å². The molecule has 0 aliphatic carbocycles. The van der Waals surface area contributed by atoms with Crippen molar-refractivity contribution in [2.24, 2.45) is 5.10 Å². The molecule has 1 N–H and O–H groups in total. The molecular weight excluding hydrogens is 309 g/mol. The first-order valence-corrected chi connectivity index (χ1v) is 7.70. The molecule has 3 nitrogen and oxygen atoms in total. The third kappa shape index (κ3) is 3.62. The van der Waals surface area contributed by atoms with E-state index < -0.39 is 5.82 Å². The van der Waals surface area contributed by atoms with Gasteiger partial charge in [0.15, 0.2) is 0 Å². The van der Waals surface area contributed by atoms with E-state index in [2.05, 4.69) is 21.4 Å². The van der Waals surface area contributed by atoms with E-state index in [1.54, 1.807) is 18.3 Å². The largest absolute Gasteiger partial charge is 0.253 e. The second-order valence-corrected chi connectivity index (χ2v) is 5.52. The second kappa shape index (κ2) is 6.86. The fourth-order valence-electron chi connectivity index (χ4n) is 1.96. The normalized spacial score (nSPS) is 10.6. The highest BCUT2D eigenvalue weighted by molar-refractivity contribution is 7.14. The van der Waals surface area contributed by atoms with E-state index in [0.29, 0.717) is 10.7 Å². The summed E-state index contributed by atoms with van der Waals surface area (Å²) < 4.78 is 13.3. The van der Waals surface area contributed by atoms with Crippen molar-refractivity contribution in [2.45, 2.75) is 0 Å². The minimum atomic E-state index is -0.412. The van der Waals surface area contributed by atoms with Crippen LogP contribution in [-0.4, -0.2) is 11.2 Å². The fourth-order valence-corrected chi connectivity index (χ4v) is 2.63. The van der Waals surface area contributed by atoms with Crippen molar-refractivity contribution in [3.8, 4) is 23.6 Å². The number of hydrogen-bond acceptors (Lipinski definition) is 4. The minimum Gasteiger partial charge on any atom is -0.253 e. The predicted octanol–water partition coefficient (Wildman–Crippen LogP) is 4.38. The summed E-state index contributed by atoms with van der Waals surface area (Å²) in [6, 6.07) is 14.4. The van der Waals surface area contributed by atoms with Gasteiger partial charge >= 0.3 is 0 Å².